The predicted molar refractivity (Wildman–Crippen MR) is 24.2 cm³/mol. The Morgan fingerprint density at radius 3 is 2.20 bits per heavy atom. The highest BCUT2D eigenvalue weighted by molar-refractivity contribution is 7.80. The zero-order valence-electron chi connectivity index (χ0n) is 3.11. The third kappa shape index (κ3) is 4.28. The largest absolute Gasteiger partial charge is 0.236 e. The summed E-state index contributed by atoms with van der Waals surface area (Å²) in [5.41, 5.74) is -0.921. The van der Waals surface area contributed by atoms with Gasteiger partial charge in [0, 0.05) is 0 Å². The summed E-state index contributed by atoms with van der Waals surface area (Å²) in [5.74, 6) is 0. The summed E-state index contributed by atoms with van der Waals surface area (Å²) in [6.07, 6.45) is 0.503. The lowest BCUT2D eigenvalue weighted by molar-refractivity contribution is 0.446. The first kappa shape index (κ1) is 5.28. The summed E-state index contributed by atoms with van der Waals surface area (Å²) in [4.78, 5) is 0. The zero-order valence-corrected chi connectivity index (χ0v) is 4.00. The molecule has 0 N–H and O–H groups in total. The molecule has 0 saturated carbocycles. The van der Waals surface area contributed by atoms with Gasteiger partial charge in [-0.2, -0.15) is 0 Å². The Labute approximate surface area is 36.8 Å². The van der Waals surface area contributed by atoms with Crippen LogP contribution in [0.2, 0.25) is 0 Å². The van der Waals surface area contributed by atoms with Crippen molar-refractivity contribution in [3.63, 3.8) is 0 Å². The molecular weight excluding hydrogens is 87.1 g/mol. The van der Waals surface area contributed by atoms with Crippen LogP contribution in [0.3, 0.4) is 0 Å². The van der Waals surface area contributed by atoms with Crippen LogP contribution in [0.4, 0.5) is 4.39 Å². The van der Waals surface area contributed by atoms with Crippen LogP contribution in [0, 0.1) is 0 Å². The van der Waals surface area contributed by atoms with Crippen molar-refractivity contribution in [3.05, 3.63) is 0 Å². The second kappa shape index (κ2) is 2.51. The van der Waals surface area contributed by atoms with Gasteiger partial charge in [0.15, 0.2) is 0 Å². The zero-order chi connectivity index (χ0) is 4.28. The van der Waals surface area contributed by atoms with Gasteiger partial charge in [-0.1, -0.05) is 6.92 Å². The van der Waals surface area contributed by atoms with E-state index in [1.165, 1.54) is 0 Å². The van der Waals surface area contributed by atoms with Gasteiger partial charge in [0.05, 0.1) is 0 Å². The highest BCUT2D eigenvalue weighted by Gasteiger charge is 1.86. The van der Waals surface area contributed by atoms with Crippen molar-refractivity contribution in [1.29, 1.82) is 0 Å². The molecule has 0 saturated heterocycles. The monoisotopic (exact) mass is 94.0 g/mol. The molecule has 0 aliphatic heterocycles. The molecule has 2 heteroatoms. The van der Waals surface area contributed by atoms with Gasteiger partial charge in [0.1, 0.15) is 5.50 Å². The van der Waals surface area contributed by atoms with Crippen LogP contribution in [0.25, 0.3) is 0 Å². The number of hydrogen-bond acceptors (Lipinski definition) is 1. The van der Waals surface area contributed by atoms with Crippen molar-refractivity contribution in [2.75, 3.05) is 0 Å². The molecule has 0 aromatic heterocycles. The first-order valence-corrected chi connectivity index (χ1v) is 2.11. The van der Waals surface area contributed by atoms with Crippen LogP contribution < -0.4 is 0 Å². The molecule has 1 atom stereocenters. The molecule has 0 unspecified atom stereocenters. The number of halogens is 1. The Kier molecular flexibility index (Phi) is 2.65. The summed E-state index contributed by atoms with van der Waals surface area (Å²) >= 11 is 3.43. The van der Waals surface area contributed by atoms with Crippen LogP contribution in [0.15, 0.2) is 0 Å². The molecule has 0 rings (SSSR count). The van der Waals surface area contributed by atoms with Crippen LogP contribution in [0.5, 0.6) is 0 Å². The molecule has 0 aliphatic rings. The first-order chi connectivity index (χ1) is 2.27. The van der Waals surface area contributed by atoms with Gasteiger partial charge in [0.2, 0.25) is 0 Å². The Bertz CT molecular complexity index is 20.9. The molecule has 0 aliphatic carbocycles. The number of rotatable bonds is 1. The SMILES string of the molecule is CC[C@@H](F)S. The summed E-state index contributed by atoms with van der Waals surface area (Å²) in [7, 11) is 0. The van der Waals surface area contributed by atoms with Crippen molar-refractivity contribution in [2.24, 2.45) is 0 Å². The fourth-order valence-corrected chi connectivity index (χ4v) is 0. The van der Waals surface area contributed by atoms with Crippen molar-refractivity contribution in [3.8, 4) is 0 Å². The summed E-state index contributed by atoms with van der Waals surface area (Å²) < 4.78 is 11.3. The third-order valence-corrected chi connectivity index (χ3v) is 0.702. The van der Waals surface area contributed by atoms with E-state index in [2.05, 4.69) is 12.6 Å². The fourth-order valence-electron chi connectivity index (χ4n) is 0. The van der Waals surface area contributed by atoms with Gasteiger partial charge in [-0.05, 0) is 6.42 Å². The second-order valence-corrected chi connectivity index (χ2v) is 1.40. The Balaban J connectivity index is 2.54. The van der Waals surface area contributed by atoms with Gasteiger partial charge in [-0.25, -0.2) is 4.39 Å². The molecule has 0 amide bonds. The van der Waals surface area contributed by atoms with E-state index < -0.39 is 5.50 Å². The molecule has 0 fully saturated rings. The van der Waals surface area contributed by atoms with Crippen molar-refractivity contribution in [2.45, 2.75) is 18.8 Å². The molecular formula is C3H7FS. The lowest BCUT2D eigenvalue weighted by atomic mass is 10.6. The number of thiol groups is 1. The lowest BCUT2D eigenvalue weighted by Gasteiger charge is -1.85. The Hall–Kier alpha value is 0.280. The van der Waals surface area contributed by atoms with E-state index in [0.29, 0.717) is 6.42 Å². The quantitative estimate of drug-likeness (QED) is 0.469. The van der Waals surface area contributed by atoms with Gasteiger partial charge >= 0.3 is 0 Å². The normalized spacial score (nSPS) is 15.0. The Morgan fingerprint density at radius 2 is 2.20 bits per heavy atom. The van der Waals surface area contributed by atoms with E-state index in [1.54, 1.807) is 6.92 Å². The third-order valence-electron chi connectivity index (χ3n) is 0.337. The minimum atomic E-state index is -0.921. The second-order valence-electron chi connectivity index (χ2n) is 0.843. The van der Waals surface area contributed by atoms with Crippen LogP contribution in [0.1, 0.15) is 13.3 Å². The molecule has 5 heavy (non-hydrogen) atoms. The molecule has 0 spiro atoms. The van der Waals surface area contributed by atoms with E-state index in [-0.39, 0.29) is 0 Å². The molecule has 0 nitrogen and oxygen atoms in total. The van der Waals surface area contributed by atoms with Crippen molar-refractivity contribution < 1.29 is 4.39 Å². The van der Waals surface area contributed by atoms with Crippen LogP contribution >= 0.6 is 12.6 Å². The highest BCUT2D eigenvalue weighted by atomic mass is 32.1. The van der Waals surface area contributed by atoms with Gasteiger partial charge in [-0.3, -0.25) is 0 Å². The van der Waals surface area contributed by atoms with E-state index >= 15 is 0 Å². The minimum absolute atomic E-state index is 0.503. The maximum atomic E-state index is 11.3. The molecule has 0 aromatic rings. The molecule has 32 valence electrons. The summed E-state index contributed by atoms with van der Waals surface area (Å²) in [6.45, 7) is 1.75. The van der Waals surface area contributed by atoms with Crippen LogP contribution in [-0.2, 0) is 0 Å². The van der Waals surface area contributed by atoms with Gasteiger partial charge in [0.25, 0.3) is 0 Å². The van der Waals surface area contributed by atoms with Crippen LogP contribution in [-0.4, -0.2) is 5.50 Å². The van der Waals surface area contributed by atoms with E-state index in [9.17, 15) is 4.39 Å². The number of hydrogen-bond donors (Lipinski definition) is 1. The highest BCUT2D eigenvalue weighted by Crippen LogP contribution is 1.98. The minimum Gasteiger partial charge on any atom is -0.236 e. The number of alkyl halides is 1. The lowest BCUT2D eigenvalue weighted by Crippen LogP contribution is -1.78. The molecule has 0 heterocycles. The predicted octanol–water partition coefficient (Wildman–Crippen LogP) is 1.62. The van der Waals surface area contributed by atoms with Gasteiger partial charge < -0.3 is 0 Å². The topological polar surface area (TPSA) is 0 Å². The fraction of sp³-hybridized carbons (Fsp3) is 1.00. The average molecular weight is 94.2 g/mol. The molecule has 0 radical (unpaired) electrons. The maximum absolute atomic E-state index is 11.3. The summed E-state index contributed by atoms with van der Waals surface area (Å²) in [6, 6.07) is 0. The summed E-state index contributed by atoms with van der Waals surface area (Å²) in [5, 5.41) is 0. The standard InChI is InChI=1S/C3H7FS/c1-2-3(4)5/h3,5H,2H2,1H3/t3-/m0/s1. The maximum Gasteiger partial charge on any atom is 0.142 e. The molecule has 0 bridgehead atoms. The first-order valence-electron chi connectivity index (χ1n) is 1.59. The van der Waals surface area contributed by atoms with E-state index in [4.69, 9.17) is 0 Å². The van der Waals surface area contributed by atoms with E-state index in [1.807, 2.05) is 0 Å². The smallest absolute Gasteiger partial charge is 0.142 e. The van der Waals surface area contributed by atoms with Gasteiger partial charge in [-0.15, -0.1) is 12.6 Å². The van der Waals surface area contributed by atoms with Crippen molar-refractivity contribution in [1.82, 2.24) is 0 Å². The Morgan fingerprint density at radius 1 is 2.00 bits per heavy atom. The van der Waals surface area contributed by atoms with Crippen molar-refractivity contribution >= 4 is 12.6 Å². The average Bonchev–Trinajstić information content (AvgIpc) is 1.38. The van der Waals surface area contributed by atoms with E-state index in [0.717, 1.165) is 0 Å². The molecule has 0 aromatic carbocycles.